The van der Waals surface area contributed by atoms with Crippen LogP contribution in [-0.4, -0.2) is 12.5 Å². The number of carbonyl (C=O) groups excluding carboxylic acids is 1. The van der Waals surface area contributed by atoms with Crippen LogP contribution < -0.4 is 11.1 Å². The van der Waals surface area contributed by atoms with Gasteiger partial charge in [-0.05, 0) is 33.6 Å². The minimum Gasteiger partial charge on any atom is -0.369 e. The van der Waals surface area contributed by atoms with Crippen LogP contribution in [0.15, 0.2) is 22.7 Å². The third-order valence-corrected chi connectivity index (χ3v) is 2.83. The molecule has 5 heteroatoms. The van der Waals surface area contributed by atoms with E-state index in [4.69, 9.17) is 17.3 Å². The van der Waals surface area contributed by atoms with Gasteiger partial charge < -0.3 is 11.1 Å². The van der Waals surface area contributed by atoms with Crippen molar-refractivity contribution in [2.45, 2.75) is 6.54 Å². The number of nitrogens with one attached hydrogen (secondary N) is 1. The van der Waals surface area contributed by atoms with Gasteiger partial charge in [-0.25, -0.2) is 0 Å². The van der Waals surface area contributed by atoms with E-state index in [9.17, 15) is 4.79 Å². The minimum absolute atomic E-state index is 0.181. The predicted molar refractivity (Wildman–Crippen MR) is 60.1 cm³/mol. The van der Waals surface area contributed by atoms with E-state index in [1.54, 1.807) is 6.07 Å². The molecule has 3 nitrogen and oxygen atoms in total. The highest BCUT2D eigenvalue weighted by atomic mass is 79.9. The SMILES string of the molecule is NC(=O)CNCc1ccc(Cl)c(Br)c1. The van der Waals surface area contributed by atoms with Gasteiger partial charge in [0.15, 0.2) is 0 Å². The second kappa shape index (κ2) is 5.34. The fraction of sp³-hybridized carbons (Fsp3) is 0.222. The summed E-state index contributed by atoms with van der Waals surface area (Å²) >= 11 is 9.14. The summed E-state index contributed by atoms with van der Waals surface area (Å²) in [5.74, 6) is -0.363. The number of amides is 1. The molecule has 0 aliphatic rings. The first-order valence-corrected chi connectivity index (χ1v) is 5.19. The van der Waals surface area contributed by atoms with E-state index in [1.165, 1.54) is 0 Å². The molecule has 0 saturated heterocycles. The molecule has 0 aromatic heterocycles. The van der Waals surface area contributed by atoms with Gasteiger partial charge in [-0.15, -0.1) is 0 Å². The highest BCUT2D eigenvalue weighted by Crippen LogP contribution is 2.22. The fourth-order valence-corrected chi connectivity index (χ4v) is 1.52. The van der Waals surface area contributed by atoms with Crippen molar-refractivity contribution < 1.29 is 4.79 Å². The monoisotopic (exact) mass is 276 g/mol. The number of carbonyl (C=O) groups is 1. The Labute approximate surface area is 95.7 Å². The van der Waals surface area contributed by atoms with Crippen molar-refractivity contribution in [3.63, 3.8) is 0 Å². The summed E-state index contributed by atoms with van der Waals surface area (Å²) in [4.78, 5) is 10.4. The number of primary amides is 1. The van der Waals surface area contributed by atoms with Crippen LogP contribution in [0, 0.1) is 0 Å². The van der Waals surface area contributed by atoms with Gasteiger partial charge >= 0.3 is 0 Å². The molecule has 3 N–H and O–H groups in total. The summed E-state index contributed by atoms with van der Waals surface area (Å²) < 4.78 is 0.845. The highest BCUT2D eigenvalue weighted by Gasteiger charge is 1.99. The number of rotatable bonds is 4. The molecule has 0 aliphatic carbocycles. The Bertz CT molecular complexity index is 344. The van der Waals surface area contributed by atoms with Crippen molar-refractivity contribution >= 4 is 33.4 Å². The Morgan fingerprint density at radius 2 is 2.29 bits per heavy atom. The van der Waals surface area contributed by atoms with Crippen molar-refractivity contribution in [2.24, 2.45) is 5.73 Å². The Morgan fingerprint density at radius 1 is 1.57 bits per heavy atom. The third kappa shape index (κ3) is 3.65. The molecule has 0 heterocycles. The van der Waals surface area contributed by atoms with E-state index in [0.29, 0.717) is 11.6 Å². The lowest BCUT2D eigenvalue weighted by atomic mass is 10.2. The molecule has 0 bridgehead atoms. The summed E-state index contributed by atoms with van der Waals surface area (Å²) in [6.45, 7) is 0.777. The highest BCUT2D eigenvalue weighted by molar-refractivity contribution is 9.10. The second-order valence-electron chi connectivity index (χ2n) is 2.82. The van der Waals surface area contributed by atoms with Crippen molar-refractivity contribution in [3.05, 3.63) is 33.3 Å². The Balaban J connectivity index is 2.51. The molecule has 0 atom stereocenters. The van der Waals surface area contributed by atoms with E-state index in [0.717, 1.165) is 10.0 Å². The average Bonchev–Trinajstić information content (AvgIpc) is 2.10. The molecule has 1 aromatic carbocycles. The average molecular weight is 278 g/mol. The summed E-state index contributed by atoms with van der Waals surface area (Å²) in [7, 11) is 0. The van der Waals surface area contributed by atoms with E-state index in [2.05, 4.69) is 21.2 Å². The van der Waals surface area contributed by atoms with Crippen LogP contribution >= 0.6 is 27.5 Å². The van der Waals surface area contributed by atoms with Crippen LogP contribution in [-0.2, 0) is 11.3 Å². The third-order valence-electron chi connectivity index (χ3n) is 1.61. The normalized spacial score (nSPS) is 10.1. The first-order chi connectivity index (χ1) is 6.59. The van der Waals surface area contributed by atoms with Crippen molar-refractivity contribution in [1.29, 1.82) is 0 Å². The van der Waals surface area contributed by atoms with Gasteiger partial charge in [-0.1, -0.05) is 17.7 Å². The molecule has 0 saturated carbocycles. The van der Waals surface area contributed by atoms with E-state index in [-0.39, 0.29) is 12.5 Å². The van der Waals surface area contributed by atoms with Gasteiger partial charge in [0.25, 0.3) is 0 Å². The standard InChI is InChI=1S/C9H10BrClN2O/c10-7-3-6(1-2-8(7)11)4-13-5-9(12)14/h1-3,13H,4-5H2,(H2,12,14). The van der Waals surface area contributed by atoms with Crippen molar-refractivity contribution in [2.75, 3.05) is 6.54 Å². The molecule has 0 radical (unpaired) electrons. The number of hydrogen-bond acceptors (Lipinski definition) is 2. The van der Waals surface area contributed by atoms with E-state index >= 15 is 0 Å². The smallest absolute Gasteiger partial charge is 0.231 e. The molecule has 1 aromatic rings. The van der Waals surface area contributed by atoms with E-state index < -0.39 is 0 Å². The molecular weight excluding hydrogens is 267 g/mol. The second-order valence-corrected chi connectivity index (χ2v) is 4.08. The van der Waals surface area contributed by atoms with Crippen LogP contribution in [0.1, 0.15) is 5.56 Å². The van der Waals surface area contributed by atoms with Gasteiger partial charge in [0.05, 0.1) is 11.6 Å². The molecule has 76 valence electrons. The zero-order valence-corrected chi connectivity index (χ0v) is 9.73. The van der Waals surface area contributed by atoms with Crippen LogP contribution in [0.3, 0.4) is 0 Å². The summed E-state index contributed by atoms with van der Waals surface area (Å²) in [5, 5.41) is 3.58. The molecule has 1 amide bonds. The van der Waals surface area contributed by atoms with Crippen molar-refractivity contribution in [3.8, 4) is 0 Å². The minimum atomic E-state index is -0.363. The number of halogens is 2. The van der Waals surface area contributed by atoms with Crippen LogP contribution in [0.5, 0.6) is 0 Å². The summed E-state index contributed by atoms with van der Waals surface area (Å²) in [6, 6.07) is 5.59. The Hall–Kier alpha value is -0.580. The molecule has 0 spiro atoms. The van der Waals surface area contributed by atoms with Crippen LogP contribution in [0.2, 0.25) is 5.02 Å². The number of nitrogens with two attached hydrogens (primary N) is 1. The quantitative estimate of drug-likeness (QED) is 0.880. The van der Waals surface area contributed by atoms with E-state index in [1.807, 2.05) is 12.1 Å². The maximum Gasteiger partial charge on any atom is 0.231 e. The number of hydrogen-bond donors (Lipinski definition) is 2. The molecule has 1 rings (SSSR count). The first kappa shape index (κ1) is 11.5. The lowest BCUT2D eigenvalue weighted by Gasteiger charge is -2.03. The first-order valence-electron chi connectivity index (χ1n) is 4.02. The molecule has 0 fully saturated rings. The molecule has 14 heavy (non-hydrogen) atoms. The lowest BCUT2D eigenvalue weighted by molar-refractivity contribution is -0.117. The molecule has 0 aliphatic heterocycles. The maximum absolute atomic E-state index is 10.4. The van der Waals surface area contributed by atoms with Gasteiger partial charge in [-0.3, -0.25) is 4.79 Å². The van der Waals surface area contributed by atoms with Crippen LogP contribution in [0.4, 0.5) is 0 Å². The summed E-state index contributed by atoms with van der Waals surface area (Å²) in [5.41, 5.74) is 6.02. The lowest BCUT2D eigenvalue weighted by Crippen LogP contribution is -2.28. The fourth-order valence-electron chi connectivity index (χ4n) is 0.980. The number of benzene rings is 1. The largest absolute Gasteiger partial charge is 0.369 e. The van der Waals surface area contributed by atoms with Gasteiger partial charge in [-0.2, -0.15) is 0 Å². The molecule has 0 unspecified atom stereocenters. The van der Waals surface area contributed by atoms with Crippen LogP contribution in [0.25, 0.3) is 0 Å². The topological polar surface area (TPSA) is 55.1 Å². The van der Waals surface area contributed by atoms with Gasteiger partial charge in [0, 0.05) is 11.0 Å². The zero-order chi connectivity index (χ0) is 10.6. The van der Waals surface area contributed by atoms with Gasteiger partial charge in [0.2, 0.25) is 5.91 Å². The maximum atomic E-state index is 10.4. The zero-order valence-electron chi connectivity index (χ0n) is 7.39. The Kier molecular flexibility index (Phi) is 4.38. The Morgan fingerprint density at radius 3 is 2.86 bits per heavy atom. The summed E-state index contributed by atoms with van der Waals surface area (Å²) in [6.07, 6.45) is 0. The van der Waals surface area contributed by atoms with Gasteiger partial charge in [0.1, 0.15) is 0 Å². The molecular formula is C9H10BrClN2O. The van der Waals surface area contributed by atoms with Crippen molar-refractivity contribution in [1.82, 2.24) is 5.32 Å². The predicted octanol–water partition coefficient (Wildman–Crippen LogP) is 1.68.